The summed E-state index contributed by atoms with van der Waals surface area (Å²) in [5.41, 5.74) is 2.29. The van der Waals surface area contributed by atoms with Crippen molar-refractivity contribution in [2.75, 3.05) is 6.54 Å². The van der Waals surface area contributed by atoms with Gasteiger partial charge < -0.3 is 4.57 Å². The zero-order chi connectivity index (χ0) is 20.6. The number of hydrogen-bond acceptors (Lipinski definition) is 5. The van der Waals surface area contributed by atoms with Gasteiger partial charge in [0.2, 0.25) is 0 Å². The largest absolute Gasteiger partial charge is 0.319 e. The first-order valence-corrected chi connectivity index (χ1v) is 12.8. The summed E-state index contributed by atoms with van der Waals surface area (Å²) in [6, 6.07) is 8.68. The standard InChI is InChI=1S/C20H23N3O3S3/c1-3-14-8-6-10-16-18(14)22(2)20(28-16)21-19(24)15-9-4-5-12-23(15)29(25,26)17-11-7-13-27-17/h6-8,10-11,13,15H,3-5,9,12H2,1-2H3. The minimum atomic E-state index is -3.68. The van der Waals surface area contributed by atoms with E-state index in [9.17, 15) is 13.2 Å². The van der Waals surface area contributed by atoms with Crippen LogP contribution in [0.15, 0.2) is 44.9 Å². The van der Waals surface area contributed by atoms with E-state index in [4.69, 9.17) is 0 Å². The van der Waals surface area contributed by atoms with E-state index in [-0.39, 0.29) is 10.1 Å². The maximum Gasteiger partial charge on any atom is 0.266 e. The fraction of sp³-hybridized carbons (Fsp3) is 0.400. The summed E-state index contributed by atoms with van der Waals surface area (Å²) >= 11 is 2.64. The van der Waals surface area contributed by atoms with Crippen LogP contribution in [0.5, 0.6) is 0 Å². The minimum absolute atomic E-state index is 0.275. The number of amides is 1. The van der Waals surface area contributed by atoms with Crippen molar-refractivity contribution in [3.63, 3.8) is 0 Å². The molecule has 0 saturated carbocycles. The topological polar surface area (TPSA) is 71.7 Å². The summed E-state index contributed by atoms with van der Waals surface area (Å²) < 4.78 is 30.7. The van der Waals surface area contributed by atoms with Crippen molar-refractivity contribution in [1.82, 2.24) is 8.87 Å². The number of sulfonamides is 1. The molecule has 0 bridgehead atoms. The van der Waals surface area contributed by atoms with Gasteiger partial charge in [-0.15, -0.1) is 11.3 Å². The molecule has 0 aliphatic carbocycles. The number of hydrogen-bond donors (Lipinski definition) is 0. The first kappa shape index (κ1) is 20.5. The third-order valence-electron chi connectivity index (χ3n) is 5.29. The van der Waals surface area contributed by atoms with E-state index in [0.29, 0.717) is 17.8 Å². The maximum absolute atomic E-state index is 13.1. The second kappa shape index (κ2) is 8.14. The molecule has 0 spiro atoms. The number of carbonyl (C=O) groups is 1. The molecular weight excluding hydrogens is 426 g/mol. The molecule has 2 aromatic heterocycles. The number of benzene rings is 1. The first-order chi connectivity index (χ1) is 13.9. The Morgan fingerprint density at radius 3 is 2.79 bits per heavy atom. The van der Waals surface area contributed by atoms with Crippen LogP contribution in [0.4, 0.5) is 0 Å². The van der Waals surface area contributed by atoms with Crippen LogP contribution in [0.1, 0.15) is 31.7 Å². The molecule has 1 unspecified atom stereocenters. The molecule has 1 atom stereocenters. The third-order valence-corrected chi connectivity index (χ3v) is 9.67. The second-order valence-corrected chi connectivity index (χ2v) is 11.1. The zero-order valence-electron chi connectivity index (χ0n) is 16.4. The summed E-state index contributed by atoms with van der Waals surface area (Å²) in [5, 5.41) is 1.74. The van der Waals surface area contributed by atoms with Crippen LogP contribution in [0.3, 0.4) is 0 Å². The summed E-state index contributed by atoms with van der Waals surface area (Å²) in [7, 11) is -1.78. The summed E-state index contributed by atoms with van der Waals surface area (Å²) in [6.07, 6.45) is 2.97. The molecule has 1 aliphatic rings. The van der Waals surface area contributed by atoms with E-state index in [1.165, 1.54) is 32.5 Å². The van der Waals surface area contributed by atoms with Crippen molar-refractivity contribution < 1.29 is 13.2 Å². The third kappa shape index (κ3) is 3.72. The molecule has 4 rings (SSSR count). The molecule has 1 aliphatic heterocycles. The molecular formula is C20H23N3O3S3. The molecule has 6 nitrogen and oxygen atoms in total. The smallest absolute Gasteiger partial charge is 0.266 e. The van der Waals surface area contributed by atoms with Gasteiger partial charge in [0.1, 0.15) is 10.3 Å². The monoisotopic (exact) mass is 449 g/mol. The quantitative estimate of drug-likeness (QED) is 0.612. The fourth-order valence-electron chi connectivity index (χ4n) is 3.81. The van der Waals surface area contributed by atoms with Gasteiger partial charge in [0.05, 0.1) is 10.2 Å². The lowest BCUT2D eigenvalue weighted by atomic mass is 10.0. The Balaban J connectivity index is 1.73. The van der Waals surface area contributed by atoms with E-state index in [2.05, 4.69) is 18.0 Å². The Morgan fingerprint density at radius 1 is 1.24 bits per heavy atom. The Kier molecular flexibility index (Phi) is 5.74. The number of nitrogens with zero attached hydrogens (tertiary/aromatic N) is 3. The number of thiophene rings is 1. The molecule has 1 fully saturated rings. The Morgan fingerprint density at radius 2 is 2.07 bits per heavy atom. The molecule has 1 aromatic carbocycles. The van der Waals surface area contributed by atoms with E-state index < -0.39 is 16.1 Å². The van der Waals surface area contributed by atoms with Crippen LogP contribution in [0.2, 0.25) is 0 Å². The van der Waals surface area contributed by atoms with Gasteiger partial charge in [-0.1, -0.05) is 42.9 Å². The number of aromatic nitrogens is 1. The number of piperidine rings is 1. The number of thiazole rings is 1. The maximum atomic E-state index is 13.1. The van der Waals surface area contributed by atoms with Crippen molar-refractivity contribution >= 4 is 48.8 Å². The summed E-state index contributed by atoms with van der Waals surface area (Å²) in [6.45, 7) is 2.45. The Hall–Kier alpha value is -1.81. The fourth-order valence-corrected chi connectivity index (χ4v) is 7.65. The van der Waals surface area contributed by atoms with Gasteiger partial charge in [-0.2, -0.15) is 9.30 Å². The van der Waals surface area contributed by atoms with Crippen molar-refractivity contribution in [1.29, 1.82) is 0 Å². The highest BCUT2D eigenvalue weighted by Gasteiger charge is 2.38. The highest BCUT2D eigenvalue weighted by molar-refractivity contribution is 7.91. The van der Waals surface area contributed by atoms with Gasteiger partial charge in [0.15, 0.2) is 4.80 Å². The lowest BCUT2D eigenvalue weighted by Crippen LogP contribution is -2.47. The van der Waals surface area contributed by atoms with Crippen LogP contribution in [-0.4, -0.2) is 35.8 Å². The molecule has 0 radical (unpaired) electrons. The number of rotatable bonds is 4. The Labute approximate surface area is 178 Å². The van der Waals surface area contributed by atoms with Crippen molar-refractivity contribution in [3.8, 4) is 0 Å². The van der Waals surface area contributed by atoms with Gasteiger partial charge in [-0.3, -0.25) is 4.79 Å². The van der Waals surface area contributed by atoms with Crippen LogP contribution < -0.4 is 4.80 Å². The van der Waals surface area contributed by atoms with Crippen molar-refractivity contribution in [3.05, 3.63) is 46.1 Å². The van der Waals surface area contributed by atoms with Crippen LogP contribution in [0, 0.1) is 0 Å². The van der Waals surface area contributed by atoms with Gasteiger partial charge in [-0.25, -0.2) is 8.42 Å². The number of para-hydroxylation sites is 1. The van der Waals surface area contributed by atoms with Gasteiger partial charge >= 0.3 is 0 Å². The predicted molar refractivity (Wildman–Crippen MR) is 117 cm³/mol. The molecule has 9 heteroatoms. The molecule has 1 saturated heterocycles. The van der Waals surface area contributed by atoms with Crippen LogP contribution >= 0.6 is 22.7 Å². The van der Waals surface area contributed by atoms with Gasteiger partial charge in [0, 0.05) is 13.6 Å². The first-order valence-electron chi connectivity index (χ1n) is 9.65. The Bertz CT molecular complexity index is 1210. The summed E-state index contributed by atoms with van der Waals surface area (Å²) in [4.78, 5) is 18.1. The predicted octanol–water partition coefficient (Wildman–Crippen LogP) is 3.53. The second-order valence-electron chi connectivity index (χ2n) is 7.07. The van der Waals surface area contributed by atoms with E-state index in [0.717, 1.165) is 29.5 Å². The van der Waals surface area contributed by atoms with E-state index in [1.54, 1.807) is 17.5 Å². The lowest BCUT2D eigenvalue weighted by Gasteiger charge is -2.31. The van der Waals surface area contributed by atoms with Gasteiger partial charge in [0.25, 0.3) is 15.9 Å². The SMILES string of the molecule is CCc1cccc2sc(=NC(=O)C3CCCCN3S(=O)(=O)c3cccs3)n(C)c12. The van der Waals surface area contributed by atoms with Crippen molar-refractivity contribution in [2.45, 2.75) is 42.9 Å². The highest BCUT2D eigenvalue weighted by atomic mass is 32.2. The molecule has 0 N–H and O–H groups in total. The van der Waals surface area contributed by atoms with Crippen molar-refractivity contribution in [2.24, 2.45) is 12.0 Å². The van der Waals surface area contributed by atoms with E-state index >= 15 is 0 Å². The molecule has 1 amide bonds. The molecule has 29 heavy (non-hydrogen) atoms. The van der Waals surface area contributed by atoms with E-state index in [1.807, 2.05) is 23.7 Å². The normalized spacial score (nSPS) is 19.1. The van der Waals surface area contributed by atoms with Crippen LogP contribution in [0.25, 0.3) is 10.2 Å². The molecule has 154 valence electrons. The van der Waals surface area contributed by atoms with Gasteiger partial charge in [-0.05, 0) is 42.3 Å². The van der Waals surface area contributed by atoms with Crippen LogP contribution in [-0.2, 0) is 28.3 Å². The lowest BCUT2D eigenvalue weighted by molar-refractivity contribution is -0.122. The average molecular weight is 450 g/mol. The summed E-state index contributed by atoms with van der Waals surface area (Å²) in [5.74, 6) is -0.384. The number of aryl methyl sites for hydroxylation is 2. The number of carbonyl (C=O) groups excluding carboxylic acids is 1. The molecule has 3 aromatic rings. The average Bonchev–Trinajstić information content (AvgIpc) is 3.37. The number of fused-ring (bicyclic) bond motifs is 1. The zero-order valence-corrected chi connectivity index (χ0v) is 18.8. The highest BCUT2D eigenvalue weighted by Crippen LogP contribution is 2.28. The minimum Gasteiger partial charge on any atom is -0.319 e. The molecule has 3 heterocycles.